The van der Waals surface area contributed by atoms with Crippen molar-refractivity contribution >= 4 is 35.0 Å². The summed E-state index contributed by atoms with van der Waals surface area (Å²) in [5, 5.41) is 10.1. The third-order valence-corrected chi connectivity index (χ3v) is 3.88. The van der Waals surface area contributed by atoms with E-state index in [-0.39, 0.29) is 17.5 Å². The molecule has 2 aromatic heterocycles. The first kappa shape index (κ1) is 16.9. The Morgan fingerprint density at radius 1 is 1.16 bits per heavy atom. The molecule has 0 bridgehead atoms. The van der Waals surface area contributed by atoms with Crippen LogP contribution in [0.4, 0.5) is 17.5 Å². The van der Waals surface area contributed by atoms with Crippen LogP contribution in [0.3, 0.4) is 0 Å². The molecule has 0 spiro atoms. The molecule has 0 fully saturated rings. The number of halogens is 1. The summed E-state index contributed by atoms with van der Waals surface area (Å²) in [5.74, 6) is 1.04. The van der Waals surface area contributed by atoms with Crippen molar-refractivity contribution in [1.82, 2.24) is 15.1 Å². The SMILES string of the molecule is Cc1cc(C(=O)Nc2cccc(Cl)c2C)nc(Nc2cc(C)on2)n1. The van der Waals surface area contributed by atoms with Gasteiger partial charge in [0.15, 0.2) is 5.82 Å². The van der Waals surface area contributed by atoms with Crippen molar-refractivity contribution in [3.05, 3.63) is 58.1 Å². The lowest BCUT2D eigenvalue weighted by Crippen LogP contribution is -2.16. The molecule has 0 aliphatic rings. The van der Waals surface area contributed by atoms with Crippen LogP contribution in [0.15, 0.2) is 34.9 Å². The van der Waals surface area contributed by atoms with Crippen LogP contribution in [-0.2, 0) is 0 Å². The van der Waals surface area contributed by atoms with Gasteiger partial charge in [0.05, 0.1) is 0 Å². The molecule has 2 N–H and O–H groups in total. The number of benzene rings is 1. The van der Waals surface area contributed by atoms with Gasteiger partial charge in [-0.25, -0.2) is 9.97 Å². The van der Waals surface area contributed by atoms with Crippen molar-refractivity contribution in [1.29, 1.82) is 0 Å². The van der Waals surface area contributed by atoms with Crippen LogP contribution in [0, 0.1) is 20.8 Å². The average molecular weight is 358 g/mol. The fraction of sp³-hybridized carbons (Fsp3) is 0.176. The lowest BCUT2D eigenvalue weighted by molar-refractivity contribution is 0.102. The minimum Gasteiger partial charge on any atom is -0.360 e. The zero-order chi connectivity index (χ0) is 18.0. The van der Waals surface area contributed by atoms with E-state index in [1.165, 1.54) is 0 Å². The van der Waals surface area contributed by atoms with Gasteiger partial charge in [-0.15, -0.1) is 0 Å². The maximum absolute atomic E-state index is 12.5. The maximum Gasteiger partial charge on any atom is 0.274 e. The molecular formula is C17H16ClN5O2. The van der Waals surface area contributed by atoms with Crippen LogP contribution >= 0.6 is 11.6 Å². The Kier molecular flexibility index (Phi) is 4.67. The lowest BCUT2D eigenvalue weighted by Gasteiger charge is -2.10. The van der Waals surface area contributed by atoms with Gasteiger partial charge in [0.25, 0.3) is 5.91 Å². The largest absolute Gasteiger partial charge is 0.360 e. The number of nitrogens with one attached hydrogen (secondary N) is 2. The highest BCUT2D eigenvalue weighted by Gasteiger charge is 2.13. The van der Waals surface area contributed by atoms with Gasteiger partial charge in [-0.05, 0) is 44.5 Å². The summed E-state index contributed by atoms with van der Waals surface area (Å²) in [6, 6.07) is 8.64. The van der Waals surface area contributed by atoms with Gasteiger partial charge in [0, 0.05) is 22.5 Å². The van der Waals surface area contributed by atoms with Crippen LogP contribution < -0.4 is 10.6 Å². The Hall–Kier alpha value is -2.93. The molecule has 0 saturated carbocycles. The van der Waals surface area contributed by atoms with Gasteiger partial charge < -0.3 is 15.2 Å². The highest BCUT2D eigenvalue weighted by molar-refractivity contribution is 6.31. The summed E-state index contributed by atoms with van der Waals surface area (Å²) in [5.41, 5.74) is 2.30. The van der Waals surface area contributed by atoms with Gasteiger partial charge >= 0.3 is 0 Å². The Morgan fingerprint density at radius 2 is 1.96 bits per heavy atom. The number of carbonyl (C=O) groups excluding carboxylic acids is 1. The summed E-state index contributed by atoms with van der Waals surface area (Å²) >= 11 is 6.08. The number of hydrogen-bond donors (Lipinski definition) is 2. The Balaban J connectivity index is 1.84. The molecule has 1 amide bonds. The van der Waals surface area contributed by atoms with Crippen LogP contribution in [0.1, 0.15) is 27.5 Å². The lowest BCUT2D eigenvalue weighted by atomic mass is 10.2. The van der Waals surface area contributed by atoms with Crippen molar-refractivity contribution < 1.29 is 9.32 Å². The average Bonchev–Trinajstić information content (AvgIpc) is 2.96. The van der Waals surface area contributed by atoms with Gasteiger partial charge in [0.1, 0.15) is 11.5 Å². The van der Waals surface area contributed by atoms with E-state index in [4.69, 9.17) is 16.1 Å². The second-order valence-electron chi connectivity index (χ2n) is 5.53. The van der Waals surface area contributed by atoms with E-state index in [9.17, 15) is 4.79 Å². The molecule has 0 aliphatic carbocycles. The standard InChI is InChI=1S/C17H16ClN5O2/c1-9-7-14(16(24)20-13-6-4-5-12(18)11(13)3)21-17(19-9)22-15-8-10(2)25-23-15/h4-8H,1-3H3,(H,20,24)(H,19,21,22,23). The Morgan fingerprint density at radius 3 is 2.68 bits per heavy atom. The molecule has 128 valence electrons. The van der Waals surface area contributed by atoms with Crippen LogP contribution in [-0.4, -0.2) is 21.0 Å². The second kappa shape index (κ2) is 6.90. The minimum absolute atomic E-state index is 0.231. The minimum atomic E-state index is -0.352. The topological polar surface area (TPSA) is 92.9 Å². The summed E-state index contributed by atoms with van der Waals surface area (Å²) in [6.45, 7) is 5.40. The summed E-state index contributed by atoms with van der Waals surface area (Å²) in [7, 11) is 0. The number of rotatable bonds is 4. The summed E-state index contributed by atoms with van der Waals surface area (Å²) in [6.07, 6.45) is 0. The predicted octanol–water partition coefficient (Wildman–Crippen LogP) is 4.04. The second-order valence-corrected chi connectivity index (χ2v) is 5.94. The molecule has 3 aromatic rings. The molecule has 0 aliphatic heterocycles. The van der Waals surface area contributed by atoms with E-state index >= 15 is 0 Å². The van der Waals surface area contributed by atoms with Gasteiger partial charge in [0.2, 0.25) is 5.95 Å². The van der Waals surface area contributed by atoms with Gasteiger partial charge in [-0.2, -0.15) is 0 Å². The molecule has 8 heteroatoms. The fourth-order valence-corrected chi connectivity index (χ4v) is 2.38. The van der Waals surface area contributed by atoms with Crippen molar-refractivity contribution in [3.8, 4) is 0 Å². The van der Waals surface area contributed by atoms with Crippen molar-refractivity contribution in [3.63, 3.8) is 0 Å². The van der Waals surface area contributed by atoms with Crippen molar-refractivity contribution in [2.24, 2.45) is 0 Å². The van der Waals surface area contributed by atoms with Crippen molar-refractivity contribution in [2.75, 3.05) is 10.6 Å². The number of carbonyl (C=O) groups is 1. The number of aromatic nitrogens is 3. The predicted molar refractivity (Wildman–Crippen MR) is 95.4 cm³/mol. The Labute approximate surface area is 149 Å². The highest BCUT2D eigenvalue weighted by atomic mass is 35.5. The Bertz CT molecular complexity index is 939. The molecule has 0 radical (unpaired) electrons. The molecule has 0 atom stereocenters. The third-order valence-electron chi connectivity index (χ3n) is 3.47. The van der Waals surface area contributed by atoms with Crippen LogP contribution in [0.5, 0.6) is 0 Å². The number of amides is 1. The quantitative estimate of drug-likeness (QED) is 0.732. The van der Waals surface area contributed by atoms with E-state index < -0.39 is 0 Å². The zero-order valence-electron chi connectivity index (χ0n) is 13.9. The molecule has 3 rings (SSSR count). The maximum atomic E-state index is 12.5. The van der Waals surface area contributed by atoms with E-state index in [2.05, 4.69) is 25.8 Å². The molecule has 2 heterocycles. The molecule has 0 saturated heterocycles. The first-order chi connectivity index (χ1) is 11.9. The number of aryl methyl sites for hydroxylation is 2. The third kappa shape index (κ3) is 3.95. The van der Waals surface area contributed by atoms with E-state index in [1.807, 2.05) is 6.92 Å². The fourth-order valence-electron chi connectivity index (χ4n) is 2.21. The monoisotopic (exact) mass is 357 g/mol. The summed E-state index contributed by atoms with van der Waals surface area (Å²) in [4.78, 5) is 21.0. The first-order valence-corrected chi connectivity index (χ1v) is 7.92. The highest BCUT2D eigenvalue weighted by Crippen LogP contribution is 2.23. The first-order valence-electron chi connectivity index (χ1n) is 7.55. The van der Waals surface area contributed by atoms with E-state index in [1.54, 1.807) is 44.2 Å². The molecule has 0 unspecified atom stereocenters. The molecule has 7 nitrogen and oxygen atoms in total. The number of anilines is 3. The summed E-state index contributed by atoms with van der Waals surface area (Å²) < 4.78 is 4.99. The molecule has 25 heavy (non-hydrogen) atoms. The normalized spacial score (nSPS) is 10.6. The number of nitrogens with zero attached hydrogens (tertiary/aromatic N) is 3. The van der Waals surface area contributed by atoms with Crippen LogP contribution in [0.2, 0.25) is 5.02 Å². The van der Waals surface area contributed by atoms with Gasteiger partial charge in [-0.1, -0.05) is 22.8 Å². The molecular weight excluding hydrogens is 342 g/mol. The van der Waals surface area contributed by atoms with Crippen molar-refractivity contribution in [2.45, 2.75) is 20.8 Å². The van der Waals surface area contributed by atoms with Gasteiger partial charge in [-0.3, -0.25) is 4.79 Å². The van der Waals surface area contributed by atoms with Crippen LogP contribution in [0.25, 0.3) is 0 Å². The van der Waals surface area contributed by atoms with E-state index in [0.29, 0.717) is 28.0 Å². The smallest absolute Gasteiger partial charge is 0.274 e. The molecule has 1 aromatic carbocycles. The number of hydrogen-bond acceptors (Lipinski definition) is 6. The van der Waals surface area contributed by atoms with E-state index in [0.717, 1.165) is 5.56 Å². The zero-order valence-corrected chi connectivity index (χ0v) is 14.7.